The van der Waals surface area contributed by atoms with Crippen molar-refractivity contribution in [2.75, 3.05) is 13.1 Å². The minimum absolute atomic E-state index is 0.498. The molecule has 0 aliphatic carbocycles. The molecule has 2 heteroatoms. The van der Waals surface area contributed by atoms with Gasteiger partial charge < -0.3 is 0 Å². The van der Waals surface area contributed by atoms with E-state index in [2.05, 4.69) is 18.7 Å². The van der Waals surface area contributed by atoms with E-state index in [9.17, 15) is 4.39 Å². The molecule has 0 aromatic rings. The number of alkyl halides is 1. The average molecular weight is 145 g/mol. The van der Waals surface area contributed by atoms with Gasteiger partial charge in [0, 0.05) is 19.1 Å². The molecule has 0 aromatic heterocycles. The third kappa shape index (κ3) is 1.69. The number of hydrogen-bond donors (Lipinski definition) is 0. The summed E-state index contributed by atoms with van der Waals surface area (Å²) in [5.41, 5.74) is -0.926. The molecule has 0 spiro atoms. The topological polar surface area (TPSA) is 3.24 Å². The highest BCUT2D eigenvalue weighted by atomic mass is 19.1. The molecule has 1 rings (SSSR count). The molecule has 60 valence electrons. The molecule has 1 aliphatic rings. The first-order valence-electron chi connectivity index (χ1n) is 3.94. The van der Waals surface area contributed by atoms with Crippen LogP contribution < -0.4 is 0 Å². The predicted molar refractivity (Wildman–Crippen MR) is 40.8 cm³/mol. The van der Waals surface area contributed by atoms with Crippen molar-refractivity contribution in [2.45, 2.75) is 38.9 Å². The van der Waals surface area contributed by atoms with Gasteiger partial charge in [-0.15, -0.1) is 0 Å². The van der Waals surface area contributed by atoms with Gasteiger partial charge in [0.05, 0.1) is 0 Å². The van der Waals surface area contributed by atoms with E-state index >= 15 is 0 Å². The van der Waals surface area contributed by atoms with Gasteiger partial charge in [-0.2, -0.15) is 0 Å². The van der Waals surface area contributed by atoms with Gasteiger partial charge in [-0.3, -0.25) is 4.90 Å². The first-order valence-corrected chi connectivity index (χ1v) is 3.94. The first kappa shape index (κ1) is 7.99. The molecule has 1 saturated heterocycles. The molecule has 1 aliphatic heterocycles. The standard InChI is InChI=1S/C8H16FN/c1-7(2)10-5-4-8(3,9)6-10/h7H,4-6H2,1-3H3/t8-/m0/s1. The van der Waals surface area contributed by atoms with Gasteiger partial charge in [-0.25, -0.2) is 4.39 Å². The zero-order chi connectivity index (χ0) is 7.78. The molecular formula is C8H16FN. The SMILES string of the molecule is CC(C)N1CC[C@](C)(F)C1. The third-order valence-electron chi connectivity index (χ3n) is 2.18. The molecule has 1 atom stereocenters. The Morgan fingerprint density at radius 1 is 1.50 bits per heavy atom. The summed E-state index contributed by atoms with van der Waals surface area (Å²) in [7, 11) is 0. The van der Waals surface area contributed by atoms with E-state index in [0.29, 0.717) is 19.0 Å². The summed E-state index contributed by atoms with van der Waals surface area (Å²) >= 11 is 0. The molecule has 1 nitrogen and oxygen atoms in total. The Morgan fingerprint density at radius 2 is 2.10 bits per heavy atom. The molecule has 1 fully saturated rings. The fourth-order valence-corrected chi connectivity index (χ4v) is 1.40. The van der Waals surface area contributed by atoms with Crippen LogP contribution in [0.5, 0.6) is 0 Å². The van der Waals surface area contributed by atoms with Crippen LogP contribution in [0, 0.1) is 0 Å². The lowest BCUT2D eigenvalue weighted by Gasteiger charge is -2.20. The predicted octanol–water partition coefficient (Wildman–Crippen LogP) is 1.83. The van der Waals surface area contributed by atoms with Gasteiger partial charge >= 0.3 is 0 Å². The lowest BCUT2D eigenvalue weighted by molar-refractivity contribution is 0.174. The third-order valence-corrected chi connectivity index (χ3v) is 2.18. The van der Waals surface area contributed by atoms with Crippen LogP contribution in [0.4, 0.5) is 4.39 Å². The minimum Gasteiger partial charge on any atom is -0.298 e. The van der Waals surface area contributed by atoms with Crippen molar-refractivity contribution in [1.29, 1.82) is 0 Å². The monoisotopic (exact) mass is 145 g/mol. The number of halogens is 1. The molecule has 0 radical (unpaired) electrons. The fraction of sp³-hybridized carbons (Fsp3) is 1.00. The highest BCUT2D eigenvalue weighted by Crippen LogP contribution is 2.25. The summed E-state index contributed by atoms with van der Waals surface area (Å²) in [6.45, 7) is 7.45. The van der Waals surface area contributed by atoms with Crippen molar-refractivity contribution in [2.24, 2.45) is 0 Å². The van der Waals surface area contributed by atoms with Crippen molar-refractivity contribution in [1.82, 2.24) is 4.90 Å². The highest BCUT2D eigenvalue weighted by Gasteiger charge is 2.34. The molecule has 0 amide bonds. The average Bonchev–Trinajstić information content (AvgIpc) is 2.10. The quantitative estimate of drug-likeness (QED) is 0.544. The Balaban J connectivity index is 2.43. The van der Waals surface area contributed by atoms with Gasteiger partial charge in [0.1, 0.15) is 5.67 Å². The Bertz CT molecular complexity index is 120. The van der Waals surface area contributed by atoms with E-state index in [0.717, 1.165) is 6.54 Å². The van der Waals surface area contributed by atoms with E-state index in [1.807, 2.05) is 0 Å². The first-order chi connectivity index (χ1) is 4.51. The molecule has 0 bridgehead atoms. The molecule has 0 saturated carbocycles. The fourth-order valence-electron chi connectivity index (χ4n) is 1.40. The zero-order valence-electron chi connectivity index (χ0n) is 7.02. The van der Waals surface area contributed by atoms with Crippen LogP contribution in [0.15, 0.2) is 0 Å². The minimum atomic E-state index is -0.926. The number of likely N-dealkylation sites (tertiary alicyclic amines) is 1. The highest BCUT2D eigenvalue weighted by molar-refractivity contribution is 4.87. The molecule has 10 heavy (non-hydrogen) atoms. The van der Waals surface area contributed by atoms with Crippen LogP contribution in [-0.4, -0.2) is 29.7 Å². The van der Waals surface area contributed by atoms with Crippen LogP contribution in [-0.2, 0) is 0 Å². The lowest BCUT2D eigenvalue weighted by Crippen LogP contribution is -2.31. The van der Waals surface area contributed by atoms with Crippen LogP contribution >= 0.6 is 0 Å². The Labute approximate surface area is 62.2 Å². The van der Waals surface area contributed by atoms with Gasteiger partial charge in [0.2, 0.25) is 0 Å². The molecule has 0 aromatic carbocycles. The van der Waals surface area contributed by atoms with Gasteiger partial charge in [0.25, 0.3) is 0 Å². The Morgan fingerprint density at radius 3 is 2.30 bits per heavy atom. The lowest BCUT2D eigenvalue weighted by atomic mass is 10.1. The van der Waals surface area contributed by atoms with E-state index < -0.39 is 5.67 Å². The second kappa shape index (κ2) is 2.50. The maximum atomic E-state index is 13.2. The number of hydrogen-bond acceptors (Lipinski definition) is 1. The van der Waals surface area contributed by atoms with Crippen LogP contribution in [0.2, 0.25) is 0 Å². The smallest absolute Gasteiger partial charge is 0.122 e. The maximum absolute atomic E-state index is 13.2. The normalized spacial score (nSPS) is 35.7. The maximum Gasteiger partial charge on any atom is 0.122 e. The van der Waals surface area contributed by atoms with Crippen molar-refractivity contribution in [3.63, 3.8) is 0 Å². The van der Waals surface area contributed by atoms with Crippen LogP contribution in [0.1, 0.15) is 27.2 Å². The molecular weight excluding hydrogens is 129 g/mol. The summed E-state index contributed by atoms with van der Waals surface area (Å²) in [5, 5.41) is 0. The van der Waals surface area contributed by atoms with Crippen molar-refractivity contribution >= 4 is 0 Å². The number of rotatable bonds is 1. The Kier molecular flexibility index (Phi) is 1.99. The molecule has 0 unspecified atom stereocenters. The van der Waals surface area contributed by atoms with E-state index in [1.165, 1.54) is 0 Å². The van der Waals surface area contributed by atoms with E-state index in [4.69, 9.17) is 0 Å². The summed E-state index contributed by atoms with van der Waals surface area (Å²) in [6.07, 6.45) is 0.700. The van der Waals surface area contributed by atoms with Crippen LogP contribution in [0.3, 0.4) is 0 Å². The summed E-state index contributed by atoms with van der Waals surface area (Å²) < 4.78 is 13.2. The van der Waals surface area contributed by atoms with Crippen molar-refractivity contribution in [3.05, 3.63) is 0 Å². The zero-order valence-corrected chi connectivity index (χ0v) is 7.02. The summed E-state index contributed by atoms with van der Waals surface area (Å²) in [6, 6.07) is 0.498. The number of nitrogens with zero attached hydrogens (tertiary/aromatic N) is 1. The van der Waals surface area contributed by atoms with Gasteiger partial charge in [0.15, 0.2) is 0 Å². The summed E-state index contributed by atoms with van der Waals surface area (Å²) in [4.78, 5) is 2.18. The molecule has 0 N–H and O–H groups in total. The largest absolute Gasteiger partial charge is 0.298 e. The van der Waals surface area contributed by atoms with Gasteiger partial charge in [-0.05, 0) is 27.2 Å². The van der Waals surface area contributed by atoms with Crippen molar-refractivity contribution < 1.29 is 4.39 Å². The van der Waals surface area contributed by atoms with Crippen LogP contribution in [0.25, 0.3) is 0 Å². The molecule has 1 heterocycles. The van der Waals surface area contributed by atoms with Crippen molar-refractivity contribution in [3.8, 4) is 0 Å². The second-order valence-corrected chi connectivity index (χ2v) is 3.73. The second-order valence-electron chi connectivity index (χ2n) is 3.73. The van der Waals surface area contributed by atoms with Gasteiger partial charge in [-0.1, -0.05) is 0 Å². The van der Waals surface area contributed by atoms with E-state index in [-0.39, 0.29) is 0 Å². The Hall–Kier alpha value is -0.110. The summed E-state index contributed by atoms with van der Waals surface area (Å²) in [5.74, 6) is 0. The van der Waals surface area contributed by atoms with E-state index in [1.54, 1.807) is 6.92 Å².